The molecule has 0 aliphatic carbocycles. The molecule has 0 saturated carbocycles. The van der Waals surface area contributed by atoms with Crippen LogP contribution >= 0.6 is 15.9 Å². The number of amides is 1. The van der Waals surface area contributed by atoms with Crippen molar-refractivity contribution < 1.29 is 41.8 Å². The molecule has 0 aliphatic rings. The fourth-order valence-corrected chi connectivity index (χ4v) is 3.91. The van der Waals surface area contributed by atoms with Crippen LogP contribution in [-0.2, 0) is 6.18 Å². The van der Waals surface area contributed by atoms with E-state index in [0.717, 1.165) is 6.07 Å². The smallest absolute Gasteiger partial charge is 0.416 e. The molecule has 0 fully saturated rings. The molecule has 0 unspecified atom stereocenters. The maximum absolute atomic E-state index is 13.0. The predicted octanol–water partition coefficient (Wildman–Crippen LogP) is 6.74. The fraction of sp³-hybridized carbons (Fsp3) is 0.231. The van der Waals surface area contributed by atoms with E-state index in [1.807, 2.05) is 6.92 Å². The lowest BCUT2D eigenvalue weighted by Crippen LogP contribution is -2.17. The molecule has 0 heterocycles. The minimum atomic E-state index is -4.77. The summed E-state index contributed by atoms with van der Waals surface area (Å²) in [6.45, 7) is 4.45. The van der Waals surface area contributed by atoms with Gasteiger partial charge in [-0.3, -0.25) is 14.9 Å². The fourth-order valence-electron chi connectivity index (χ4n) is 3.37. The molecule has 0 radical (unpaired) electrons. The first-order valence-electron chi connectivity index (χ1n) is 11.6. The maximum atomic E-state index is 13.0. The van der Waals surface area contributed by atoms with Crippen LogP contribution < -0.4 is 24.4 Å². The molecule has 0 bridgehead atoms. The normalized spacial score (nSPS) is 11.3. The number of carbonyl (C=O) groups excluding carboxylic acids is 1. The third-order valence-corrected chi connectivity index (χ3v) is 5.72. The highest BCUT2D eigenvalue weighted by atomic mass is 79.9. The van der Waals surface area contributed by atoms with Gasteiger partial charge in [0.2, 0.25) is 5.75 Å². The minimum absolute atomic E-state index is 0.0237. The van der Waals surface area contributed by atoms with Crippen molar-refractivity contribution in [2.24, 2.45) is 5.10 Å². The molecular weight excluding hydrogens is 603 g/mol. The standard InChI is InChI=1S/C26H23BrF3N3O7/c1-4-38-21-8-6-16(12-22(21)39-5-2)25(34)32-31-14-15-10-18(27)24(23(11-15)37-3)40-20-9-7-17(26(28,29)30)13-19(20)33(35)36/h6-14H,4-5H2,1-3H3,(H,32,34)/b31-14+. The zero-order chi connectivity index (χ0) is 29.4. The van der Waals surface area contributed by atoms with Crippen LogP contribution in [0.25, 0.3) is 0 Å². The van der Waals surface area contributed by atoms with E-state index in [2.05, 4.69) is 26.5 Å². The zero-order valence-corrected chi connectivity index (χ0v) is 23.0. The van der Waals surface area contributed by atoms with E-state index in [0.29, 0.717) is 42.4 Å². The summed E-state index contributed by atoms with van der Waals surface area (Å²) >= 11 is 3.27. The van der Waals surface area contributed by atoms with E-state index in [-0.39, 0.29) is 21.5 Å². The first-order chi connectivity index (χ1) is 19.0. The van der Waals surface area contributed by atoms with Crippen molar-refractivity contribution >= 4 is 33.7 Å². The average molecular weight is 626 g/mol. The lowest BCUT2D eigenvalue weighted by atomic mass is 10.1. The summed E-state index contributed by atoms with van der Waals surface area (Å²) in [5.41, 5.74) is 1.04. The monoisotopic (exact) mass is 625 g/mol. The van der Waals surface area contributed by atoms with E-state index >= 15 is 0 Å². The number of alkyl halides is 3. The molecule has 0 atom stereocenters. The topological polar surface area (TPSA) is 122 Å². The van der Waals surface area contributed by atoms with E-state index in [1.54, 1.807) is 19.1 Å². The van der Waals surface area contributed by atoms with Gasteiger partial charge < -0.3 is 18.9 Å². The van der Waals surface area contributed by atoms with Crippen molar-refractivity contribution in [2.75, 3.05) is 20.3 Å². The van der Waals surface area contributed by atoms with E-state index in [4.69, 9.17) is 18.9 Å². The van der Waals surface area contributed by atoms with Gasteiger partial charge in [0.05, 0.1) is 41.5 Å². The summed E-state index contributed by atoms with van der Waals surface area (Å²) < 4.78 is 61.2. The molecule has 3 aromatic rings. The lowest BCUT2D eigenvalue weighted by Gasteiger charge is -2.14. The van der Waals surface area contributed by atoms with Gasteiger partial charge in [0.25, 0.3) is 5.91 Å². The van der Waals surface area contributed by atoms with Crippen molar-refractivity contribution in [1.82, 2.24) is 5.43 Å². The van der Waals surface area contributed by atoms with E-state index in [9.17, 15) is 28.1 Å². The molecule has 14 heteroatoms. The van der Waals surface area contributed by atoms with Gasteiger partial charge in [0.15, 0.2) is 23.0 Å². The van der Waals surface area contributed by atoms with Gasteiger partial charge >= 0.3 is 11.9 Å². The van der Waals surface area contributed by atoms with Gasteiger partial charge in [-0.25, -0.2) is 5.43 Å². The Hall–Kier alpha value is -4.33. The number of hydrazone groups is 1. The number of nitro benzene ring substituents is 1. The van der Waals surface area contributed by atoms with Gasteiger partial charge in [-0.1, -0.05) is 0 Å². The lowest BCUT2D eigenvalue weighted by molar-refractivity contribution is -0.385. The summed E-state index contributed by atoms with van der Waals surface area (Å²) in [4.78, 5) is 23.0. The van der Waals surface area contributed by atoms with Crippen LogP contribution in [0.1, 0.15) is 35.3 Å². The minimum Gasteiger partial charge on any atom is -0.493 e. The Bertz CT molecular complexity index is 1430. The molecule has 0 spiro atoms. The van der Waals surface area contributed by atoms with Crippen molar-refractivity contribution in [3.63, 3.8) is 0 Å². The molecule has 40 heavy (non-hydrogen) atoms. The molecule has 3 aromatic carbocycles. The molecule has 212 valence electrons. The maximum Gasteiger partial charge on any atom is 0.416 e. The van der Waals surface area contributed by atoms with Gasteiger partial charge in [0.1, 0.15) is 0 Å². The van der Waals surface area contributed by atoms with Crippen molar-refractivity contribution in [2.45, 2.75) is 20.0 Å². The summed E-state index contributed by atoms with van der Waals surface area (Å²) in [6.07, 6.45) is -3.45. The Kier molecular flexibility index (Phi) is 9.93. The largest absolute Gasteiger partial charge is 0.493 e. The molecule has 3 rings (SSSR count). The number of carbonyl (C=O) groups is 1. The average Bonchev–Trinajstić information content (AvgIpc) is 2.90. The van der Waals surface area contributed by atoms with Gasteiger partial charge in [-0.15, -0.1) is 0 Å². The number of halogens is 4. The number of benzene rings is 3. The zero-order valence-electron chi connectivity index (χ0n) is 21.4. The molecule has 1 amide bonds. The van der Waals surface area contributed by atoms with Crippen LogP contribution in [0.2, 0.25) is 0 Å². The summed E-state index contributed by atoms with van der Waals surface area (Å²) in [5, 5.41) is 15.4. The first kappa shape index (κ1) is 30.2. The van der Waals surface area contributed by atoms with Crippen molar-refractivity contribution in [1.29, 1.82) is 0 Å². The second-order valence-electron chi connectivity index (χ2n) is 7.80. The number of nitrogens with one attached hydrogen (secondary N) is 1. The highest BCUT2D eigenvalue weighted by Crippen LogP contribution is 2.43. The van der Waals surface area contributed by atoms with Gasteiger partial charge in [-0.05, 0) is 77.8 Å². The Morgan fingerprint density at radius 2 is 1.70 bits per heavy atom. The van der Waals surface area contributed by atoms with Crippen LogP contribution in [0.15, 0.2) is 58.1 Å². The Balaban J connectivity index is 1.81. The van der Waals surface area contributed by atoms with Gasteiger partial charge in [-0.2, -0.15) is 18.3 Å². The van der Waals surface area contributed by atoms with Crippen LogP contribution in [-0.4, -0.2) is 37.4 Å². The summed E-state index contributed by atoms with van der Waals surface area (Å²) in [5.74, 6) is 0.0470. The Labute approximate surface area is 235 Å². The van der Waals surface area contributed by atoms with Crippen LogP contribution in [0.4, 0.5) is 18.9 Å². The van der Waals surface area contributed by atoms with Crippen molar-refractivity contribution in [3.05, 3.63) is 79.8 Å². The second-order valence-corrected chi connectivity index (χ2v) is 8.65. The quantitative estimate of drug-likeness (QED) is 0.142. The SMILES string of the molecule is CCOc1ccc(C(=O)N/N=C/c2cc(Br)c(Oc3ccc(C(F)(F)F)cc3[N+](=O)[O-])c(OC)c2)cc1OCC. The highest BCUT2D eigenvalue weighted by Gasteiger charge is 2.33. The summed E-state index contributed by atoms with van der Waals surface area (Å²) in [6, 6.07) is 9.60. The number of rotatable bonds is 11. The Morgan fingerprint density at radius 1 is 1.02 bits per heavy atom. The molecule has 1 N–H and O–H groups in total. The third kappa shape index (κ3) is 7.40. The Morgan fingerprint density at radius 3 is 2.33 bits per heavy atom. The highest BCUT2D eigenvalue weighted by molar-refractivity contribution is 9.10. The third-order valence-electron chi connectivity index (χ3n) is 5.13. The van der Waals surface area contributed by atoms with Gasteiger partial charge in [0, 0.05) is 11.6 Å². The number of nitro groups is 1. The molecular formula is C26H23BrF3N3O7. The second kappa shape index (κ2) is 13.2. The molecule has 10 nitrogen and oxygen atoms in total. The van der Waals surface area contributed by atoms with E-state index in [1.165, 1.54) is 31.5 Å². The van der Waals surface area contributed by atoms with Crippen molar-refractivity contribution in [3.8, 4) is 28.7 Å². The molecule has 0 aromatic heterocycles. The predicted molar refractivity (Wildman–Crippen MR) is 143 cm³/mol. The van der Waals surface area contributed by atoms with Crippen LogP contribution in [0, 0.1) is 10.1 Å². The van der Waals surface area contributed by atoms with Crippen LogP contribution in [0.3, 0.4) is 0 Å². The number of hydrogen-bond acceptors (Lipinski definition) is 8. The number of methoxy groups -OCH3 is 1. The number of hydrogen-bond donors (Lipinski definition) is 1. The van der Waals surface area contributed by atoms with E-state index < -0.39 is 34.0 Å². The first-order valence-corrected chi connectivity index (χ1v) is 12.4. The number of nitrogens with zero attached hydrogens (tertiary/aromatic N) is 2. The summed E-state index contributed by atoms with van der Waals surface area (Å²) in [7, 11) is 1.31. The number of ether oxygens (including phenoxy) is 4. The molecule has 0 saturated heterocycles. The molecule has 0 aliphatic heterocycles. The van der Waals surface area contributed by atoms with Crippen LogP contribution in [0.5, 0.6) is 28.7 Å².